The van der Waals surface area contributed by atoms with Gasteiger partial charge in [-0.1, -0.05) is 0 Å². The number of likely N-dealkylation sites (tertiary alicyclic amines) is 1. The Balaban J connectivity index is 1.40. The predicted octanol–water partition coefficient (Wildman–Crippen LogP) is 4.28. The summed E-state index contributed by atoms with van der Waals surface area (Å²) in [4.78, 5) is 18.7. The molecule has 1 aliphatic rings. The zero-order valence-corrected chi connectivity index (χ0v) is 21.2. The highest BCUT2D eigenvalue weighted by Crippen LogP contribution is 2.40. The number of benzene rings is 2. The maximum Gasteiger partial charge on any atom is 0.249 e. The Morgan fingerprint density at radius 2 is 1.82 bits per heavy atom. The van der Waals surface area contributed by atoms with Crippen molar-refractivity contribution in [1.82, 2.24) is 15.4 Å². The summed E-state index contributed by atoms with van der Waals surface area (Å²) in [5.74, 6) is -4.81. The molecule has 210 valence electrons. The smallest absolute Gasteiger partial charge is 0.249 e. The lowest BCUT2D eigenvalue weighted by atomic mass is 9.73. The monoisotopic (exact) mass is 551 g/mol. The highest BCUT2D eigenvalue weighted by molar-refractivity contribution is 5.84. The Bertz CT molecular complexity index is 1310. The highest BCUT2D eigenvalue weighted by atomic mass is 19.1. The number of fused-ring (bicyclic) bond motifs is 1. The van der Waals surface area contributed by atoms with Gasteiger partial charge in [-0.3, -0.25) is 19.9 Å². The normalized spacial score (nSPS) is 16.2. The maximum atomic E-state index is 14.8. The van der Waals surface area contributed by atoms with Gasteiger partial charge in [0.1, 0.15) is 24.0 Å². The quantitative estimate of drug-likeness (QED) is 0.196. The van der Waals surface area contributed by atoms with Crippen LogP contribution in [0.15, 0.2) is 36.5 Å². The van der Waals surface area contributed by atoms with Gasteiger partial charge in [-0.2, -0.15) is 0 Å². The van der Waals surface area contributed by atoms with E-state index in [1.54, 1.807) is 23.7 Å². The molecular formula is C27H29F4N3O5. The lowest BCUT2D eigenvalue weighted by molar-refractivity contribution is -0.144. The van der Waals surface area contributed by atoms with Gasteiger partial charge < -0.3 is 14.6 Å². The number of halogens is 4. The number of methoxy groups -OCH3 is 1. The average molecular weight is 552 g/mol. The van der Waals surface area contributed by atoms with E-state index in [-0.39, 0.29) is 31.6 Å². The minimum atomic E-state index is -1.25. The van der Waals surface area contributed by atoms with Gasteiger partial charge in [0.05, 0.1) is 30.3 Å². The van der Waals surface area contributed by atoms with Gasteiger partial charge in [0.15, 0.2) is 17.4 Å². The molecule has 3 N–H and O–H groups in total. The number of hydrogen-bond donors (Lipinski definition) is 3. The van der Waals surface area contributed by atoms with E-state index in [0.29, 0.717) is 54.7 Å². The molecule has 0 spiro atoms. The summed E-state index contributed by atoms with van der Waals surface area (Å²) in [5, 5.41) is 20.8. The molecule has 1 aromatic heterocycles. The van der Waals surface area contributed by atoms with Crippen LogP contribution in [0, 0.1) is 28.7 Å². The van der Waals surface area contributed by atoms with Crippen molar-refractivity contribution in [1.29, 1.82) is 0 Å². The van der Waals surface area contributed by atoms with Gasteiger partial charge in [-0.25, -0.2) is 23.0 Å². The number of ether oxygens (including phenoxy) is 2. The predicted molar refractivity (Wildman–Crippen MR) is 132 cm³/mol. The molecule has 0 radical (unpaired) electrons. The molecule has 0 bridgehead atoms. The Morgan fingerprint density at radius 1 is 1.13 bits per heavy atom. The number of nitrogens with zero attached hydrogens (tertiary/aromatic N) is 2. The molecular weight excluding hydrogens is 522 g/mol. The first-order valence-electron chi connectivity index (χ1n) is 12.4. The molecule has 2 heterocycles. The molecule has 1 aliphatic heterocycles. The summed E-state index contributed by atoms with van der Waals surface area (Å²) in [7, 11) is 1.47. The van der Waals surface area contributed by atoms with E-state index in [2.05, 4.69) is 4.98 Å². The molecule has 0 aliphatic carbocycles. The molecule has 39 heavy (non-hydrogen) atoms. The van der Waals surface area contributed by atoms with Gasteiger partial charge in [0, 0.05) is 29.6 Å². The minimum Gasteiger partial charge on any atom is -0.497 e. The number of hydroxylamine groups is 1. The number of hydrogen-bond acceptors (Lipinski definition) is 7. The van der Waals surface area contributed by atoms with Crippen molar-refractivity contribution in [2.75, 3.05) is 33.4 Å². The first-order valence-corrected chi connectivity index (χ1v) is 12.4. The van der Waals surface area contributed by atoms with Crippen LogP contribution in [-0.2, 0) is 4.79 Å². The second-order valence-corrected chi connectivity index (χ2v) is 9.57. The molecule has 12 heteroatoms. The lowest BCUT2D eigenvalue weighted by Crippen LogP contribution is -2.49. The van der Waals surface area contributed by atoms with Crippen molar-refractivity contribution in [2.45, 2.75) is 31.8 Å². The zero-order chi connectivity index (χ0) is 28.2. The molecule has 8 nitrogen and oxygen atoms in total. The topological polar surface area (TPSA) is 104 Å². The van der Waals surface area contributed by atoms with Crippen LogP contribution >= 0.6 is 0 Å². The van der Waals surface area contributed by atoms with E-state index in [4.69, 9.17) is 9.47 Å². The summed E-state index contributed by atoms with van der Waals surface area (Å²) >= 11 is 0. The molecule has 0 unspecified atom stereocenters. The number of amides is 1. The van der Waals surface area contributed by atoms with E-state index < -0.39 is 46.4 Å². The summed E-state index contributed by atoms with van der Waals surface area (Å²) in [6.07, 6.45) is 0.584. The Labute approximate surface area is 222 Å². The number of nitrogens with one attached hydrogen (secondary N) is 1. The number of rotatable bonds is 10. The Morgan fingerprint density at radius 3 is 2.46 bits per heavy atom. The average Bonchev–Trinajstić information content (AvgIpc) is 2.93. The molecule has 3 aromatic rings. The summed E-state index contributed by atoms with van der Waals surface area (Å²) in [6, 6.07) is 5.99. The van der Waals surface area contributed by atoms with Crippen LogP contribution in [0.5, 0.6) is 11.5 Å². The van der Waals surface area contributed by atoms with Crippen LogP contribution in [0.4, 0.5) is 17.6 Å². The van der Waals surface area contributed by atoms with E-state index >= 15 is 0 Å². The number of carbonyl (C=O) groups excluding carboxylic acids is 1. The number of pyridine rings is 1. The van der Waals surface area contributed by atoms with Crippen LogP contribution < -0.4 is 15.0 Å². The highest BCUT2D eigenvalue weighted by Gasteiger charge is 2.41. The van der Waals surface area contributed by atoms with E-state index in [1.807, 2.05) is 4.90 Å². The maximum absolute atomic E-state index is 14.8. The van der Waals surface area contributed by atoms with E-state index in [0.717, 1.165) is 6.20 Å². The number of aromatic nitrogens is 1. The standard InChI is InChI=1S/C27H29F4N3O5/c1-38-17-2-3-22-18(14-17)24(21(31)15-32-22)23(35)4-5-27(26(36)33-37)6-8-34(9-7-27)10-11-39-25-19(29)12-16(28)13-20(25)30/h2-3,12-15,23,35,37H,4-11H2,1H3,(H,33,36)/t23-/m1/s1. The number of aliphatic hydroxyl groups is 1. The SMILES string of the molecule is COc1ccc2ncc(F)c([C@H](O)CCC3(C(=O)NO)CCN(CCOc4c(F)cc(F)cc4F)CC3)c2c1. The lowest BCUT2D eigenvalue weighted by Gasteiger charge is -2.40. The van der Waals surface area contributed by atoms with E-state index in [1.165, 1.54) is 7.11 Å². The third-order valence-corrected chi connectivity index (χ3v) is 7.31. The van der Waals surface area contributed by atoms with Crippen molar-refractivity contribution in [3.8, 4) is 11.5 Å². The van der Waals surface area contributed by atoms with Gasteiger partial charge in [-0.15, -0.1) is 0 Å². The third-order valence-electron chi connectivity index (χ3n) is 7.31. The van der Waals surface area contributed by atoms with E-state index in [9.17, 15) is 32.7 Å². The first-order chi connectivity index (χ1) is 18.7. The summed E-state index contributed by atoms with van der Waals surface area (Å²) < 4.78 is 65.8. The van der Waals surface area contributed by atoms with Crippen molar-refractivity contribution >= 4 is 16.8 Å². The fraction of sp³-hybridized carbons (Fsp3) is 0.407. The van der Waals surface area contributed by atoms with Crippen LogP contribution in [-0.4, -0.2) is 59.5 Å². The Kier molecular flexibility index (Phi) is 8.88. The largest absolute Gasteiger partial charge is 0.497 e. The van der Waals surface area contributed by atoms with Crippen molar-refractivity contribution in [2.24, 2.45) is 5.41 Å². The molecule has 1 amide bonds. The molecule has 0 saturated carbocycles. The number of piperidine rings is 1. The van der Waals surface area contributed by atoms with Gasteiger partial charge in [0.25, 0.3) is 0 Å². The van der Waals surface area contributed by atoms with Gasteiger partial charge in [-0.05, 0) is 57.0 Å². The summed E-state index contributed by atoms with van der Waals surface area (Å²) in [5.41, 5.74) is 1.21. The van der Waals surface area contributed by atoms with Crippen LogP contribution in [0.1, 0.15) is 37.4 Å². The molecule has 1 saturated heterocycles. The second kappa shape index (κ2) is 12.1. The first kappa shape index (κ1) is 28.5. The molecule has 2 aromatic carbocycles. The number of aliphatic hydroxyl groups excluding tert-OH is 1. The molecule has 1 fully saturated rings. The fourth-order valence-corrected chi connectivity index (χ4v) is 5.05. The van der Waals surface area contributed by atoms with Crippen molar-refractivity contribution in [3.05, 3.63) is 65.4 Å². The van der Waals surface area contributed by atoms with Gasteiger partial charge in [0.2, 0.25) is 5.91 Å². The van der Waals surface area contributed by atoms with Gasteiger partial charge >= 0.3 is 0 Å². The molecule has 4 rings (SSSR count). The minimum absolute atomic E-state index is 0.0346. The molecule has 1 atom stereocenters. The Hall–Kier alpha value is -3.48. The second-order valence-electron chi connectivity index (χ2n) is 9.57. The zero-order valence-electron chi connectivity index (χ0n) is 21.2. The van der Waals surface area contributed by atoms with Crippen LogP contribution in [0.25, 0.3) is 10.9 Å². The fourth-order valence-electron chi connectivity index (χ4n) is 5.05. The summed E-state index contributed by atoms with van der Waals surface area (Å²) in [6.45, 7) is 0.997. The van der Waals surface area contributed by atoms with Crippen LogP contribution in [0.2, 0.25) is 0 Å². The third kappa shape index (κ3) is 6.23. The van der Waals surface area contributed by atoms with Crippen LogP contribution in [0.3, 0.4) is 0 Å². The van der Waals surface area contributed by atoms with Crippen molar-refractivity contribution < 1.29 is 42.1 Å². The number of carbonyl (C=O) groups is 1. The van der Waals surface area contributed by atoms with Crippen molar-refractivity contribution in [3.63, 3.8) is 0 Å².